The van der Waals surface area contributed by atoms with Gasteiger partial charge in [0.25, 0.3) is 0 Å². The fourth-order valence-corrected chi connectivity index (χ4v) is 3.69. The molecule has 1 heterocycles. The lowest BCUT2D eigenvalue weighted by Crippen LogP contribution is -2.23. The summed E-state index contributed by atoms with van der Waals surface area (Å²) in [6, 6.07) is 9.14. The number of aryl methyl sites for hydroxylation is 2. The van der Waals surface area contributed by atoms with E-state index in [4.69, 9.17) is 27.9 Å². The summed E-state index contributed by atoms with van der Waals surface area (Å²) in [4.78, 5) is 0. The van der Waals surface area contributed by atoms with Gasteiger partial charge in [-0.25, -0.2) is 0 Å². The van der Waals surface area contributed by atoms with E-state index in [1.54, 1.807) is 23.9 Å². The highest BCUT2D eigenvalue weighted by Crippen LogP contribution is 2.38. The third kappa shape index (κ3) is 3.28. The second kappa shape index (κ2) is 7.61. The number of rotatable bonds is 5. The Morgan fingerprint density at radius 3 is 2.46 bits per heavy atom. The lowest BCUT2D eigenvalue weighted by atomic mass is 10.0. The van der Waals surface area contributed by atoms with Crippen molar-refractivity contribution in [2.24, 2.45) is 0 Å². The maximum Gasteiger partial charge on any atom is 0.178 e. The van der Waals surface area contributed by atoms with Crippen LogP contribution in [-0.4, -0.2) is 34.4 Å². The Balaban J connectivity index is 2.20. The minimum atomic E-state index is -0.366. The highest BCUT2D eigenvalue weighted by atomic mass is 35.5. The first kappa shape index (κ1) is 18.6. The highest BCUT2D eigenvalue weighted by Gasteiger charge is 2.26. The monoisotopic (exact) mass is 391 g/mol. The normalized spacial score (nSPS) is 12.2. The molecule has 0 radical (unpaired) electrons. The highest BCUT2D eigenvalue weighted by molar-refractivity contribution is 6.35. The summed E-state index contributed by atoms with van der Waals surface area (Å²) in [5.74, 6) is 1.15. The van der Waals surface area contributed by atoms with Gasteiger partial charge in [0.15, 0.2) is 5.82 Å². The molecule has 0 aliphatic carbocycles. The van der Waals surface area contributed by atoms with Gasteiger partial charge in [0.1, 0.15) is 5.75 Å². The van der Waals surface area contributed by atoms with Gasteiger partial charge in [0.2, 0.25) is 0 Å². The first-order chi connectivity index (χ1) is 12.5. The van der Waals surface area contributed by atoms with E-state index in [0.717, 1.165) is 22.4 Å². The Hall–Kier alpha value is -2.15. The molecule has 2 aromatic carbocycles. The first-order valence-electron chi connectivity index (χ1n) is 8.03. The molecule has 0 aliphatic rings. The Bertz CT molecular complexity index is 921. The fraction of sp³-hybridized carbons (Fsp3) is 0.278. The van der Waals surface area contributed by atoms with Crippen LogP contribution in [0.15, 0.2) is 30.3 Å². The van der Waals surface area contributed by atoms with Crippen LogP contribution in [0.4, 0.5) is 0 Å². The van der Waals surface area contributed by atoms with Crippen molar-refractivity contribution in [3.63, 3.8) is 0 Å². The number of nitrogens with one attached hydrogen (secondary N) is 1. The van der Waals surface area contributed by atoms with E-state index in [2.05, 4.69) is 20.8 Å². The molecule has 3 rings (SSSR count). The molecule has 1 N–H and O–H groups in total. The average Bonchev–Trinajstić information content (AvgIpc) is 3.04. The van der Waals surface area contributed by atoms with Crippen LogP contribution in [0.5, 0.6) is 5.75 Å². The maximum atomic E-state index is 6.31. The average molecular weight is 392 g/mol. The zero-order chi connectivity index (χ0) is 18.8. The zero-order valence-electron chi connectivity index (χ0n) is 14.9. The Labute approximate surface area is 162 Å². The van der Waals surface area contributed by atoms with Gasteiger partial charge in [-0.05, 0) is 54.6 Å². The van der Waals surface area contributed by atoms with Gasteiger partial charge in [-0.2, -0.15) is 4.68 Å². The molecule has 3 aromatic rings. The van der Waals surface area contributed by atoms with Crippen LogP contribution >= 0.6 is 23.2 Å². The Morgan fingerprint density at radius 1 is 1.15 bits per heavy atom. The molecule has 8 heteroatoms. The largest absolute Gasteiger partial charge is 0.495 e. The molecular formula is C18H19Cl2N5O. The van der Waals surface area contributed by atoms with E-state index in [9.17, 15) is 0 Å². The molecular weight excluding hydrogens is 373 g/mol. The van der Waals surface area contributed by atoms with E-state index >= 15 is 0 Å². The molecule has 0 bridgehead atoms. The fourth-order valence-electron chi connectivity index (χ4n) is 3.11. The van der Waals surface area contributed by atoms with Gasteiger partial charge >= 0.3 is 0 Å². The topological polar surface area (TPSA) is 64.9 Å². The number of methoxy groups -OCH3 is 1. The Morgan fingerprint density at radius 2 is 1.85 bits per heavy atom. The summed E-state index contributed by atoms with van der Waals surface area (Å²) in [5.41, 5.74) is 3.85. The SMILES string of the molecule is CNC(c1cc(Cl)cc(Cl)c1OC)c1nnnn1-c1c(C)cccc1C. The first-order valence-corrected chi connectivity index (χ1v) is 8.78. The lowest BCUT2D eigenvalue weighted by molar-refractivity contribution is 0.404. The van der Waals surface area contributed by atoms with Gasteiger partial charge in [-0.3, -0.25) is 0 Å². The van der Waals surface area contributed by atoms with Gasteiger partial charge in [0.05, 0.1) is 23.9 Å². The quantitative estimate of drug-likeness (QED) is 0.714. The number of nitrogens with zero attached hydrogens (tertiary/aromatic N) is 4. The number of aromatic nitrogens is 4. The van der Waals surface area contributed by atoms with Crippen LogP contribution in [0.25, 0.3) is 5.69 Å². The summed E-state index contributed by atoms with van der Waals surface area (Å²) >= 11 is 12.5. The number of hydrogen-bond acceptors (Lipinski definition) is 5. The molecule has 6 nitrogen and oxygen atoms in total. The number of halogens is 2. The van der Waals surface area contributed by atoms with Crippen LogP contribution in [0, 0.1) is 13.8 Å². The maximum absolute atomic E-state index is 6.31. The summed E-state index contributed by atoms with van der Waals surface area (Å²) < 4.78 is 7.23. The number of para-hydroxylation sites is 1. The van der Waals surface area contributed by atoms with E-state index in [-0.39, 0.29) is 6.04 Å². The van der Waals surface area contributed by atoms with Crippen molar-refractivity contribution in [2.75, 3.05) is 14.2 Å². The van der Waals surface area contributed by atoms with Crippen LogP contribution in [-0.2, 0) is 0 Å². The summed E-state index contributed by atoms with van der Waals surface area (Å²) in [7, 11) is 3.39. The van der Waals surface area contributed by atoms with E-state index < -0.39 is 0 Å². The van der Waals surface area contributed by atoms with Crippen molar-refractivity contribution in [3.05, 3.63) is 62.9 Å². The molecule has 26 heavy (non-hydrogen) atoms. The predicted molar refractivity (Wildman–Crippen MR) is 103 cm³/mol. The van der Waals surface area contributed by atoms with Crippen molar-refractivity contribution in [1.82, 2.24) is 25.5 Å². The van der Waals surface area contributed by atoms with E-state index in [1.807, 2.05) is 39.1 Å². The van der Waals surface area contributed by atoms with E-state index in [0.29, 0.717) is 21.6 Å². The standard InChI is InChI=1S/C18H19Cl2N5O/c1-10-6-5-7-11(2)16(10)25-18(22-23-24-25)15(21-3)13-8-12(19)9-14(20)17(13)26-4/h5-9,15,21H,1-4H3. The third-order valence-electron chi connectivity index (χ3n) is 4.24. The van der Waals surface area contributed by atoms with Gasteiger partial charge in [-0.1, -0.05) is 41.4 Å². The lowest BCUT2D eigenvalue weighted by Gasteiger charge is -2.21. The van der Waals surface area contributed by atoms with Gasteiger partial charge < -0.3 is 10.1 Å². The van der Waals surface area contributed by atoms with Crippen LogP contribution in [0.2, 0.25) is 10.0 Å². The third-order valence-corrected chi connectivity index (χ3v) is 4.74. The molecule has 136 valence electrons. The number of tetrazole rings is 1. The molecule has 0 aliphatic heterocycles. The molecule has 0 amide bonds. The van der Waals surface area contributed by atoms with Crippen LogP contribution in [0.3, 0.4) is 0 Å². The molecule has 0 saturated carbocycles. The van der Waals surface area contributed by atoms with Crippen molar-refractivity contribution in [2.45, 2.75) is 19.9 Å². The van der Waals surface area contributed by atoms with Crippen molar-refractivity contribution >= 4 is 23.2 Å². The smallest absolute Gasteiger partial charge is 0.178 e. The van der Waals surface area contributed by atoms with Crippen molar-refractivity contribution < 1.29 is 4.74 Å². The van der Waals surface area contributed by atoms with E-state index in [1.165, 1.54) is 0 Å². The summed E-state index contributed by atoms with van der Waals surface area (Å²) in [6.45, 7) is 4.05. The van der Waals surface area contributed by atoms with Crippen LogP contribution < -0.4 is 10.1 Å². The molecule has 0 fully saturated rings. The van der Waals surface area contributed by atoms with Gasteiger partial charge in [0, 0.05) is 10.6 Å². The minimum Gasteiger partial charge on any atom is -0.495 e. The number of hydrogen-bond donors (Lipinski definition) is 1. The van der Waals surface area contributed by atoms with Crippen LogP contribution in [0.1, 0.15) is 28.6 Å². The molecule has 1 unspecified atom stereocenters. The number of ether oxygens (including phenoxy) is 1. The minimum absolute atomic E-state index is 0.366. The van der Waals surface area contributed by atoms with Crippen molar-refractivity contribution in [1.29, 1.82) is 0 Å². The second-order valence-corrected chi connectivity index (χ2v) is 6.76. The molecule has 1 atom stereocenters. The molecule has 0 spiro atoms. The van der Waals surface area contributed by atoms with Crippen molar-refractivity contribution in [3.8, 4) is 11.4 Å². The summed E-state index contributed by atoms with van der Waals surface area (Å²) in [5, 5.41) is 16.5. The number of benzene rings is 2. The van der Waals surface area contributed by atoms with Gasteiger partial charge in [-0.15, -0.1) is 5.10 Å². The molecule has 0 saturated heterocycles. The predicted octanol–water partition coefficient (Wildman–Crippen LogP) is 3.90. The Kier molecular flexibility index (Phi) is 5.46. The zero-order valence-corrected chi connectivity index (χ0v) is 16.4. The second-order valence-electron chi connectivity index (χ2n) is 5.92. The summed E-state index contributed by atoms with van der Waals surface area (Å²) in [6.07, 6.45) is 0. The molecule has 1 aromatic heterocycles.